The molecule has 0 fully saturated rings. The molecule has 1 aromatic carbocycles. The maximum absolute atomic E-state index is 12.0. The van der Waals surface area contributed by atoms with E-state index in [1.54, 1.807) is 7.11 Å². The highest BCUT2D eigenvalue weighted by Crippen LogP contribution is 2.28. The summed E-state index contributed by atoms with van der Waals surface area (Å²) >= 11 is 1.47. The fourth-order valence-electron chi connectivity index (χ4n) is 2.57. The van der Waals surface area contributed by atoms with Gasteiger partial charge in [0.05, 0.1) is 12.0 Å². The maximum atomic E-state index is 12.0. The first-order valence-corrected chi connectivity index (χ1v) is 8.45. The first-order valence-electron chi connectivity index (χ1n) is 7.57. The molecule has 1 unspecified atom stereocenters. The molecule has 1 aromatic heterocycles. The Morgan fingerprint density at radius 1 is 1.23 bits per heavy atom. The van der Waals surface area contributed by atoms with Crippen LogP contribution in [0.25, 0.3) is 0 Å². The molecule has 1 amide bonds. The molecule has 0 aliphatic heterocycles. The molecule has 2 aromatic rings. The molecule has 1 heterocycles. The van der Waals surface area contributed by atoms with Crippen LogP contribution >= 0.6 is 11.3 Å². The Kier molecular flexibility index (Phi) is 6.01. The van der Waals surface area contributed by atoms with Gasteiger partial charge >= 0.3 is 0 Å². The number of methoxy groups -OCH3 is 1. The number of hydrogen-bond donors (Lipinski definition) is 1. The molecule has 0 radical (unpaired) electrons. The highest BCUT2D eigenvalue weighted by Gasteiger charge is 2.16. The summed E-state index contributed by atoms with van der Waals surface area (Å²) in [6.07, 6.45) is 0.932. The summed E-state index contributed by atoms with van der Waals surface area (Å²) in [6, 6.07) is 12.0. The normalized spacial score (nSPS) is 12.2. The second kappa shape index (κ2) is 7.99. The summed E-state index contributed by atoms with van der Waals surface area (Å²) in [5.74, 6) is 1.84. The van der Waals surface area contributed by atoms with Crippen LogP contribution in [-0.2, 0) is 0 Å². The van der Waals surface area contributed by atoms with Gasteiger partial charge < -0.3 is 10.1 Å². The second-order valence-electron chi connectivity index (χ2n) is 5.65. The summed E-state index contributed by atoms with van der Waals surface area (Å²) in [4.78, 5) is 12.7. The van der Waals surface area contributed by atoms with Gasteiger partial charge in [0.2, 0.25) is 0 Å². The summed E-state index contributed by atoms with van der Waals surface area (Å²) in [5.41, 5.74) is 1.29. The number of nitrogens with one attached hydrogen (secondary N) is 1. The largest absolute Gasteiger partial charge is 0.497 e. The molecule has 1 atom stereocenters. The first kappa shape index (κ1) is 16.6. The molecule has 1 N–H and O–H groups in total. The van der Waals surface area contributed by atoms with Gasteiger partial charge in [-0.15, -0.1) is 11.3 Å². The van der Waals surface area contributed by atoms with Crippen LogP contribution in [0, 0.1) is 5.92 Å². The Morgan fingerprint density at radius 3 is 2.50 bits per heavy atom. The van der Waals surface area contributed by atoms with Gasteiger partial charge in [0.15, 0.2) is 0 Å². The first-order chi connectivity index (χ1) is 10.6. The zero-order valence-electron chi connectivity index (χ0n) is 13.3. The number of carbonyl (C=O) groups excluding carboxylic acids is 1. The minimum Gasteiger partial charge on any atom is -0.497 e. The Labute approximate surface area is 136 Å². The molecule has 0 spiro atoms. The third-order valence-electron chi connectivity index (χ3n) is 3.83. The zero-order chi connectivity index (χ0) is 15.9. The fraction of sp³-hybridized carbons (Fsp3) is 0.389. The van der Waals surface area contributed by atoms with Crippen LogP contribution in [0.5, 0.6) is 5.75 Å². The fourth-order valence-corrected chi connectivity index (χ4v) is 3.21. The number of ether oxygens (including phenoxy) is 1. The molecule has 0 aliphatic carbocycles. The van der Waals surface area contributed by atoms with Crippen molar-refractivity contribution in [2.24, 2.45) is 5.92 Å². The van der Waals surface area contributed by atoms with Crippen molar-refractivity contribution in [3.63, 3.8) is 0 Å². The minimum atomic E-state index is 0.0206. The van der Waals surface area contributed by atoms with Gasteiger partial charge in [-0.3, -0.25) is 4.79 Å². The summed E-state index contributed by atoms with van der Waals surface area (Å²) in [6.45, 7) is 5.12. The van der Waals surface area contributed by atoms with Gasteiger partial charge in [0.1, 0.15) is 5.75 Å². The van der Waals surface area contributed by atoms with E-state index in [1.807, 2.05) is 29.6 Å². The van der Waals surface area contributed by atoms with E-state index < -0.39 is 0 Å². The maximum Gasteiger partial charge on any atom is 0.261 e. The van der Waals surface area contributed by atoms with Gasteiger partial charge in [0.25, 0.3) is 5.91 Å². The van der Waals surface area contributed by atoms with Crippen molar-refractivity contribution in [1.29, 1.82) is 0 Å². The lowest BCUT2D eigenvalue weighted by atomic mass is 9.86. The lowest BCUT2D eigenvalue weighted by Gasteiger charge is -2.21. The molecule has 118 valence electrons. The van der Waals surface area contributed by atoms with E-state index in [4.69, 9.17) is 4.74 Å². The van der Waals surface area contributed by atoms with E-state index in [0.29, 0.717) is 18.4 Å². The average molecular weight is 317 g/mol. The standard InChI is InChI=1S/C18H23NO2S/c1-13(2)16(14-6-8-15(21-3)9-7-14)10-11-19-18(20)17-5-4-12-22-17/h4-9,12-13,16H,10-11H2,1-3H3,(H,19,20). The number of amides is 1. The van der Waals surface area contributed by atoms with E-state index in [1.165, 1.54) is 16.9 Å². The van der Waals surface area contributed by atoms with Crippen LogP contribution in [0.4, 0.5) is 0 Å². The minimum absolute atomic E-state index is 0.0206. The van der Waals surface area contributed by atoms with Crippen molar-refractivity contribution in [3.05, 3.63) is 52.2 Å². The van der Waals surface area contributed by atoms with E-state index >= 15 is 0 Å². The van der Waals surface area contributed by atoms with E-state index in [2.05, 4.69) is 31.3 Å². The number of carbonyl (C=O) groups is 1. The lowest BCUT2D eigenvalue weighted by molar-refractivity contribution is 0.0956. The van der Waals surface area contributed by atoms with E-state index in [0.717, 1.165) is 17.0 Å². The van der Waals surface area contributed by atoms with Gasteiger partial charge in [-0.2, -0.15) is 0 Å². The zero-order valence-corrected chi connectivity index (χ0v) is 14.2. The third-order valence-corrected chi connectivity index (χ3v) is 4.70. The summed E-state index contributed by atoms with van der Waals surface area (Å²) in [5, 5.41) is 4.93. The number of benzene rings is 1. The van der Waals surface area contributed by atoms with Crippen LogP contribution in [0.15, 0.2) is 41.8 Å². The van der Waals surface area contributed by atoms with Crippen molar-refractivity contribution in [1.82, 2.24) is 5.32 Å². The summed E-state index contributed by atoms with van der Waals surface area (Å²) in [7, 11) is 1.68. The van der Waals surface area contributed by atoms with Crippen LogP contribution in [0.2, 0.25) is 0 Å². The molecule has 0 saturated heterocycles. The van der Waals surface area contributed by atoms with Crippen molar-refractivity contribution in [2.45, 2.75) is 26.2 Å². The molecule has 3 nitrogen and oxygen atoms in total. The smallest absolute Gasteiger partial charge is 0.261 e. The highest BCUT2D eigenvalue weighted by molar-refractivity contribution is 7.12. The van der Waals surface area contributed by atoms with Gasteiger partial charge in [-0.25, -0.2) is 0 Å². The van der Waals surface area contributed by atoms with Crippen molar-refractivity contribution < 1.29 is 9.53 Å². The topological polar surface area (TPSA) is 38.3 Å². The molecular formula is C18H23NO2S. The predicted octanol–water partition coefficient (Wildman–Crippen LogP) is 4.32. The molecule has 0 aliphatic rings. The molecular weight excluding hydrogens is 294 g/mol. The van der Waals surface area contributed by atoms with Crippen molar-refractivity contribution >= 4 is 17.2 Å². The van der Waals surface area contributed by atoms with Crippen LogP contribution in [-0.4, -0.2) is 19.6 Å². The number of thiophene rings is 1. The molecule has 22 heavy (non-hydrogen) atoms. The molecule has 2 rings (SSSR count). The molecule has 4 heteroatoms. The third kappa shape index (κ3) is 4.34. The van der Waals surface area contributed by atoms with E-state index in [-0.39, 0.29) is 5.91 Å². The Balaban J connectivity index is 1.92. The second-order valence-corrected chi connectivity index (χ2v) is 6.59. The van der Waals surface area contributed by atoms with Crippen molar-refractivity contribution in [3.8, 4) is 5.75 Å². The SMILES string of the molecule is COc1ccc(C(CCNC(=O)c2cccs2)C(C)C)cc1. The van der Waals surface area contributed by atoms with Crippen molar-refractivity contribution in [2.75, 3.05) is 13.7 Å². The average Bonchev–Trinajstić information content (AvgIpc) is 3.06. The number of rotatable bonds is 7. The highest BCUT2D eigenvalue weighted by atomic mass is 32.1. The Bertz CT molecular complexity index is 576. The van der Waals surface area contributed by atoms with E-state index in [9.17, 15) is 4.79 Å². The van der Waals surface area contributed by atoms with Crippen LogP contribution in [0.3, 0.4) is 0 Å². The molecule has 0 bridgehead atoms. The lowest BCUT2D eigenvalue weighted by Crippen LogP contribution is -2.25. The predicted molar refractivity (Wildman–Crippen MR) is 91.8 cm³/mol. The summed E-state index contributed by atoms with van der Waals surface area (Å²) < 4.78 is 5.21. The van der Waals surface area contributed by atoms with Gasteiger partial charge in [0, 0.05) is 6.54 Å². The van der Waals surface area contributed by atoms with Crippen LogP contribution in [0.1, 0.15) is 41.4 Å². The monoisotopic (exact) mass is 317 g/mol. The Morgan fingerprint density at radius 2 is 1.95 bits per heavy atom. The number of hydrogen-bond acceptors (Lipinski definition) is 3. The van der Waals surface area contributed by atoms with Gasteiger partial charge in [-0.1, -0.05) is 32.0 Å². The van der Waals surface area contributed by atoms with Gasteiger partial charge in [-0.05, 0) is 47.4 Å². The Hall–Kier alpha value is -1.81. The molecule has 0 saturated carbocycles. The van der Waals surface area contributed by atoms with Crippen LogP contribution < -0.4 is 10.1 Å². The quantitative estimate of drug-likeness (QED) is 0.826.